The molecule has 186 valence electrons. The zero-order valence-corrected chi connectivity index (χ0v) is 19.6. The molecule has 0 fully saturated rings. The van der Waals surface area contributed by atoms with Gasteiger partial charge in [-0.15, -0.1) is 0 Å². The van der Waals surface area contributed by atoms with Crippen molar-refractivity contribution in [3.05, 3.63) is 88.9 Å². The van der Waals surface area contributed by atoms with Crippen LogP contribution in [0.15, 0.2) is 60.7 Å². The van der Waals surface area contributed by atoms with Crippen molar-refractivity contribution >= 4 is 15.7 Å². The number of amides is 1. The highest BCUT2D eigenvalue weighted by Gasteiger charge is 2.33. The van der Waals surface area contributed by atoms with Crippen LogP contribution in [0, 0.1) is 5.82 Å². The van der Waals surface area contributed by atoms with Gasteiger partial charge in [0.25, 0.3) is 0 Å². The van der Waals surface area contributed by atoms with Crippen molar-refractivity contribution in [2.24, 2.45) is 5.73 Å². The number of carbonyl (C=O) groups excluding carboxylic acids is 1. The number of aromatic nitrogens is 1. The lowest BCUT2D eigenvalue weighted by atomic mass is 9.98. The fourth-order valence-corrected chi connectivity index (χ4v) is 4.05. The normalized spacial score (nSPS) is 13.8. The monoisotopic (exact) mass is 509 g/mol. The quantitative estimate of drug-likeness (QED) is 0.462. The third-order valence-corrected chi connectivity index (χ3v) is 6.63. The van der Waals surface area contributed by atoms with Crippen molar-refractivity contribution in [2.45, 2.75) is 30.9 Å². The summed E-state index contributed by atoms with van der Waals surface area (Å²) < 4.78 is 77.3. The van der Waals surface area contributed by atoms with E-state index in [2.05, 4.69) is 10.3 Å². The summed E-state index contributed by atoms with van der Waals surface area (Å²) in [7, 11) is -3.72. The summed E-state index contributed by atoms with van der Waals surface area (Å²) in [4.78, 5) is 16.5. The smallest absolute Gasteiger partial charge is 0.351 e. The highest BCUT2D eigenvalue weighted by Crippen LogP contribution is 2.31. The molecule has 0 aliphatic rings. The number of halogens is 4. The van der Waals surface area contributed by atoms with Crippen LogP contribution in [0.5, 0.6) is 0 Å². The largest absolute Gasteiger partial charge is 0.433 e. The third kappa shape index (κ3) is 6.23. The molecule has 1 amide bonds. The van der Waals surface area contributed by atoms with Crippen LogP contribution in [0.2, 0.25) is 0 Å². The molecule has 35 heavy (non-hydrogen) atoms. The van der Waals surface area contributed by atoms with Gasteiger partial charge in [0.05, 0.1) is 11.6 Å². The first-order chi connectivity index (χ1) is 16.3. The molecule has 0 aliphatic heterocycles. The number of nitrogens with one attached hydrogen (secondary N) is 1. The maximum Gasteiger partial charge on any atom is 0.433 e. The van der Waals surface area contributed by atoms with Crippen LogP contribution >= 0.6 is 0 Å². The molecule has 0 radical (unpaired) electrons. The van der Waals surface area contributed by atoms with Crippen molar-refractivity contribution in [3.8, 4) is 11.3 Å². The fourth-order valence-electron chi connectivity index (χ4n) is 3.40. The second kappa shape index (κ2) is 10.1. The first-order valence-corrected chi connectivity index (χ1v) is 12.4. The first-order valence-electron chi connectivity index (χ1n) is 10.4. The predicted octanol–water partition coefficient (Wildman–Crippen LogP) is 4.33. The van der Waals surface area contributed by atoms with E-state index >= 15 is 0 Å². The average molecular weight is 510 g/mol. The van der Waals surface area contributed by atoms with E-state index in [9.17, 15) is 30.8 Å². The van der Waals surface area contributed by atoms with Gasteiger partial charge in [0.15, 0.2) is 9.84 Å². The lowest BCUT2D eigenvalue weighted by Crippen LogP contribution is -2.28. The number of hydrogen-bond donors (Lipinski definition) is 2. The SMILES string of the molecule is CC(C(=O)NCc1ccc(C(F)(F)F)nc1-c1ccccc1)c1ccc(C(N)S(C)(=O)=O)c(F)c1. The van der Waals surface area contributed by atoms with E-state index in [-0.39, 0.29) is 23.4 Å². The molecule has 0 saturated carbocycles. The van der Waals surface area contributed by atoms with Gasteiger partial charge in [-0.05, 0) is 30.2 Å². The highest BCUT2D eigenvalue weighted by molar-refractivity contribution is 7.90. The Balaban J connectivity index is 1.81. The molecular weight excluding hydrogens is 486 g/mol. The number of pyridine rings is 1. The molecule has 3 N–H and O–H groups in total. The zero-order valence-electron chi connectivity index (χ0n) is 18.8. The molecule has 0 spiro atoms. The van der Waals surface area contributed by atoms with E-state index in [1.165, 1.54) is 25.1 Å². The van der Waals surface area contributed by atoms with Gasteiger partial charge < -0.3 is 11.1 Å². The second-order valence-electron chi connectivity index (χ2n) is 8.04. The average Bonchev–Trinajstić information content (AvgIpc) is 2.80. The Morgan fingerprint density at radius 2 is 1.74 bits per heavy atom. The number of nitrogens with two attached hydrogens (primary N) is 1. The molecule has 2 atom stereocenters. The van der Waals surface area contributed by atoms with Crippen molar-refractivity contribution in [3.63, 3.8) is 0 Å². The highest BCUT2D eigenvalue weighted by atomic mass is 32.2. The molecule has 1 aromatic heterocycles. The Kier molecular flexibility index (Phi) is 7.61. The van der Waals surface area contributed by atoms with E-state index < -0.39 is 44.7 Å². The number of hydrogen-bond acceptors (Lipinski definition) is 5. The van der Waals surface area contributed by atoms with E-state index in [0.717, 1.165) is 18.4 Å². The molecule has 6 nitrogen and oxygen atoms in total. The molecule has 11 heteroatoms. The Morgan fingerprint density at radius 1 is 1.09 bits per heavy atom. The van der Waals surface area contributed by atoms with Gasteiger partial charge in [-0.2, -0.15) is 13.2 Å². The Labute approximate surface area is 200 Å². The van der Waals surface area contributed by atoms with Crippen LogP contribution in [0.25, 0.3) is 11.3 Å². The zero-order chi connectivity index (χ0) is 26.0. The van der Waals surface area contributed by atoms with Gasteiger partial charge >= 0.3 is 6.18 Å². The minimum atomic E-state index is -4.63. The maximum absolute atomic E-state index is 14.5. The van der Waals surface area contributed by atoms with Gasteiger partial charge in [-0.25, -0.2) is 17.8 Å². The lowest BCUT2D eigenvalue weighted by Gasteiger charge is -2.17. The van der Waals surface area contributed by atoms with Crippen LogP contribution in [-0.2, 0) is 27.4 Å². The first kappa shape index (κ1) is 26.3. The van der Waals surface area contributed by atoms with Crippen LogP contribution in [-0.4, -0.2) is 25.6 Å². The van der Waals surface area contributed by atoms with Gasteiger partial charge in [0, 0.05) is 23.9 Å². The van der Waals surface area contributed by atoms with Gasteiger partial charge in [0.2, 0.25) is 5.91 Å². The molecule has 0 aliphatic carbocycles. The molecule has 1 heterocycles. The van der Waals surface area contributed by atoms with Crippen LogP contribution in [0.4, 0.5) is 17.6 Å². The predicted molar refractivity (Wildman–Crippen MR) is 123 cm³/mol. The topological polar surface area (TPSA) is 102 Å². The van der Waals surface area contributed by atoms with Gasteiger partial charge in [0.1, 0.15) is 16.9 Å². The lowest BCUT2D eigenvalue weighted by molar-refractivity contribution is -0.141. The summed E-state index contributed by atoms with van der Waals surface area (Å²) >= 11 is 0. The maximum atomic E-state index is 14.5. The fraction of sp³-hybridized carbons (Fsp3) is 0.250. The van der Waals surface area contributed by atoms with E-state index in [0.29, 0.717) is 11.1 Å². The van der Waals surface area contributed by atoms with Crippen molar-refractivity contribution in [1.82, 2.24) is 10.3 Å². The number of carbonyl (C=O) groups is 1. The number of nitrogens with zero attached hydrogens (tertiary/aromatic N) is 1. The molecule has 3 rings (SSSR count). The van der Waals surface area contributed by atoms with Gasteiger partial charge in [-0.1, -0.05) is 48.5 Å². The Bertz CT molecular complexity index is 1330. The van der Waals surface area contributed by atoms with Crippen molar-refractivity contribution < 1.29 is 30.8 Å². The minimum absolute atomic E-state index is 0.0820. The molecule has 0 saturated heterocycles. The summed E-state index contributed by atoms with van der Waals surface area (Å²) in [6.07, 6.45) is -3.74. The standard InChI is InChI=1S/C24H23F4N3O3S/c1-14(16-8-10-18(19(25)12-16)22(29)35(2,33)34)23(32)30-13-17-9-11-20(24(26,27)28)31-21(17)15-6-4-3-5-7-15/h3-12,14,22H,13,29H2,1-2H3,(H,30,32). The number of sulfone groups is 1. The minimum Gasteiger partial charge on any atom is -0.351 e. The van der Waals surface area contributed by atoms with E-state index in [1.807, 2.05) is 0 Å². The number of benzene rings is 2. The summed E-state index contributed by atoms with van der Waals surface area (Å²) in [5, 5.41) is 1.11. The summed E-state index contributed by atoms with van der Waals surface area (Å²) in [5.74, 6) is -2.21. The molecular formula is C24H23F4N3O3S. The summed E-state index contributed by atoms with van der Waals surface area (Å²) in [5.41, 5.74) is 5.50. The number of rotatable bonds is 7. The third-order valence-electron chi connectivity index (χ3n) is 5.46. The molecule has 2 aromatic carbocycles. The van der Waals surface area contributed by atoms with Crippen molar-refractivity contribution in [1.29, 1.82) is 0 Å². The molecule has 0 bridgehead atoms. The Hall–Kier alpha value is -3.31. The molecule has 3 aromatic rings. The Morgan fingerprint density at radius 3 is 2.31 bits per heavy atom. The van der Waals surface area contributed by atoms with Crippen LogP contribution in [0.1, 0.15) is 40.6 Å². The van der Waals surface area contributed by atoms with E-state index in [4.69, 9.17) is 5.73 Å². The van der Waals surface area contributed by atoms with E-state index in [1.54, 1.807) is 30.3 Å². The summed E-state index contributed by atoms with van der Waals surface area (Å²) in [6, 6.07) is 14.0. The van der Waals surface area contributed by atoms with Crippen LogP contribution in [0.3, 0.4) is 0 Å². The molecule has 2 unspecified atom stereocenters. The van der Waals surface area contributed by atoms with Gasteiger partial charge in [-0.3, -0.25) is 4.79 Å². The number of alkyl halides is 3. The summed E-state index contributed by atoms with van der Waals surface area (Å²) in [6.45, 7) is 1.40. The second-order valence-corrected chi connectivity index (χ2v) is 10.2. The van der Waals surface area contributed by atoms with Crippen LogP contribution < -0.4 is 11.1 Å². The van der Waals surface area contributed by atoms with Crippen molar-refractivity contribution in [2.75, 3.05) is 6.26 Å².